The van der Waals surface area contributed by atoms with Gasteiger partial charge in [-0.3, -0.25) is 0 Å². The third-order valence-corrected chi connectivity index (χ3v) is 3.11. The van der Waals surface area contributed by atoms with E-state index in [1.54, 1.807) is 6.08 Å². The van der Waals surface area contributed by atoms with Gasteiger partial charge < -0.3 is 10.0 Å². The lowest BCUT2D eigenvalue weighted by molar-refractivity contribution is -0.131. The van der Waals surface area contributed by atoms with E-state index in [2.05, 4.69) is 6.07 Å². The number of anilines is 1. The predicted molar refractivity (Wildman–Crippen MR) is 75.9 cm³/mol. The van der Waals surface area contributed by atoms with Crippen LogP contribution in [0.3, 0.4) is 0 Å². The third kappa shape index (κ3) is 4.14. The fraction of sp³-hybridized carbons (Fsp3) is 0.333. The second-order valence-electron chi connectivity index (χ2n) is 4.53. The normalized spacial score (nSPS) is 12.1. The largest absolute Gasteiger partial charge is 0.478 e. The number of hydrogen-bond acceptors (Lipinski definition) is 3. The summed E-state index contributed by atoms with van der Waals surface area (Å²) in [5, 5.41) is 17.3. The summed E-state index contributed by atoms with van der Waals surface area (Å²) in [6.07, 6.45) is 3.18. The van der Waals surface area contributed by atoms with Crippen LogP contribution in [0.15, 0.2) is 24.3 Å². The van der Waals surface area contributed by atoms with E-state index in [1.165, 1.54) is 0 Å². The van der Waals surface area contributed by atoms with Gasteiger partial charge in [0.25, 0.3) is 0 Å². The van der Waals surface area contributed by atoms with Gasteiger partial charge in [0.1, 0.15) is 0 Å². The number of carbonyl (C=O) groups is 1. The first-order valence-corrected chi connectivity index (χ1v) is 6.07. The Hall–Kier alpha value is -2.28. The summed E-state index contributed by atoms with van der Waals surface area (Å²) in [6.45, 7) is 3.94. The van der Waals surface area contributed by atoms with E-state index in [-0.39, 0.29) is 6.04 Å². The first-order valence-electron chi connectivity index (χ1n) is 6.07. The van der Waals surface area contributed by atoms with Crippen LogP contribution >= 0.6 is 0 Å². The molecule has 0 bridgehead atoms. The van der Waals surface area contributed by atoms with Crippen molar-refractivity contribution in [2.24, 2.45) is 0 Å². The summed E-state index contributed by atoms with van der Waals surface area (Å²) in [5.74, 6) is -0.955. The highest BCUT2D eigenvalue weighted by molar-refractivity contribution is 5.85. The van der Waals surface area contributed by atoms with Crippen molar-refractivity contribution >= 4 is 17.7 Å². The summed E-state index contributed by atoms with van der Waals surface area (Å²) in [5.41, 5.74) is 2.91. The second-order valence-corrected chi connectivity index (χ2v) is 4.53. The molecule has 0 aromatic heterocycles. The SMILES string of the molecule is Cc1cc(N(C)C(C)CC#N)ccc1C=CC(=O)O. The molecule has 0 spiro atoms. The average Bonchev–Trinajstić information content (AvgIpc) is 2.36. The van der Waals surface area contributed by atoms with Crippen molar-refractivity contribution in [3.05, 3.63) is 35.4 Å². The number of nitrogens with zero attached hydrogens (tertiary/aromatic N) is 2. The Kier molecular flexibility index (Phi) is 5.13. The topological polar surface area (TPSA) is 64.3 Å². The van der Waals surface area contributed by atoms with Crippen LogP contribution in [-0.2, 0) is 4.79 Å². The Labute approximate surface area is 113 Å². The number of carboxylic acid groups (broad SMARTS) is 1. The number of carboxylic acids is 1. The van der Waals surface area contributed by atoms with Gasteiger partial charge in [0, 0.05) is 24.9 Å². The highest BCUT2D eigenvalue weighted by atomic mass is 16.4. The zero-order valence-corrected chi connectivity index (χ0v) is 11.4. The Morgan fingerprint density at radius 1 is 1.58 bits per heavy atom. The molecule has 19 heavy (non-hydrogen) atoms. The molecule has 0 aliphatic carbocycles. The third-order valence-electron chi connectivity index (χ3n) is 3.11. The molecule has 1 rings (SSSR count). The molecule has 4 nitrogen and oxygen atoms in total. The molecule has 0 saturated carbocycles. The van der Waals surface area contributed by atoms with E-state index >= 15 is 0 Å². The number of rotatable bonds is 5. The first kappa shape index (κ1) is 14.8. The highest BCUT2D eigenvalue weighted by Crippen LogP contribution is 2.21. The van der Waals surface area contributed by atoms with E-state index in [9.17, 15) is 4.79 Å². The van der Waals surface area contributed by atoms with Gasteiger partial charge >= 0.3 is 5.97 Å². The molecule has 1 N–H and O–H groups in total. The van der Waals surface area contributed by atoms with E-state index in [4.69, 9.17) is 10.4 Å². The van der Waals surface area contributed by atoms with Crippen molar-refractivity contribution < 1.29 is 9.90 Å². The molecular formula is C15H18N2O2. The van der Waals surface area contributed by atoms with Crippen molar-refractivity contribution in [3.63, 3.8) is 0 Å². The second kappa shape index (κ2) is 6.60. The molecule has 0 heterocycles. The molecule has 0 saturated heterocycles. The first-order chi connectivity index (χ1) is 8.95. The molecule has 100 valence electrons. The minimum absolute atomic E-state index is 0.143. The molecule has 0 radical (unpaired) electrons. The van der Waals surface area contributed by atoms with Crippen molar-refractivity contribution in [2.45, 2.75) is 26.3 Å². The van der Waals surface area contributed by atoms with Crippen LogP contribution in [0.5, 0.6) is 0 Å². The van der Waals surface area contributed by atoms with Crippen molar-refractivity contribution in [1.82, 2.24) is 0 Å². The van der Waals surface area contributed by atoms with Crippen molar-refractivity contribution in [2.75, 3.05) is 11.9 Å². The lowest BCUT2D eigenvalue weighted by Gasteiger charge is -2.25. The maximum atomic E-state index is 10.5. The summed E-state index contributed by atoms with van der Waals surface area (Å²) < 4.78 is 0. The van der Waals surface area contributed by atoms with Crippen molar-refractivity contribution in [1.29, 1.82) is 5.26 Å². The molecular weight excluding hydrogens is 240 g/mol. The highest BCUT2D eigenvalue weighted by Gasteiger charge is 2.10. The van der Waals surface area contributed by atoms with Crippen LogP contribution in [0, 0.1) is 18.3 Å². The Bertz CT molecular complexity index is 529. The molecule has 4 heteroatoms. The van der Waals surface area contributed by atoms with Crippen LogP contribution in [0.2, 0.25) is 0 Å². The number of benzene rings is 1. The van der Waals surface area contributed by atoms with Gasteiger partial charge in [0.15, 0.2) is 0 Å². The molecule has 0 amide bonds. The Morgan fingerprint density at radius 3 is 2.79 bits per heavy atom. The van der Waals surface area contributed by atoms with Gasteiger partial charge in [0.05, 0.1) is 12.5 Å². The minimum atomic E-state index is -0.955. The molecule has 0 aliphatic heterocycles. The molecule has 1 atom stereocenters. The van der Waals surface area contributed by atoms with Gasteiger partial charge in [-0.2, -0.15) is 5.26 Å². The monoisotopic (exact) mass is 258 g/mol. The van der Waals surface area contributed by atoms with E-state index in [1.807, 2.05) is 44.0 Å². The summed E-state index contributed by atoms with van der Waals surface area (Å²) in [6, 6.07) is 8.12. The van der Waals surface area contributed by atoms with Crippen LogP contribution in [0.4, 0.5) is 5.69 Å². The smallest absolute Gasteiger partial charge is 0.328 e. The van der Waals surface area contributed by atoms with Gasteiger partial charge in [-0.15, -0.1) is 0 Å². The number of aliphatic carboxylic acids is 1. The zero-order chi connectivity index (χ0) is 14.4. The average molecular weight is 258 g/mol. The summed E-state index contributed by atoms with van der Waals surface area (Å²) in [7, 11) is 1.95. The predicted octanol–water partition coefficient (Wildman–Crippen LogP) is 2.83. The zero-order valence-electron chi connectivity index (χ0n) is 11.4. The quantitative estimate of drug-likeness (QED) is 0.825. The maximum Gasteiger partial charge on any atom is 0.328 e. The van der Waals surface area contributed by atoms with E-state index in [0.717, 1.165) is 22.9 Å². The number of nitriles is 1. The van der Waals surface area contributed by atoms with Gasteiger partial charge in [-0.1, -0.05) is 6.07 Å². The van der Waals surface area contributed by atoms with Crippen molar-refractivity contribution in [3.8, 4) is 6.07 Å². The van der Waals surface area contributed by atoms with Crippen LogP contribution in [0.1, 0.15) is 24.5 Å². The number of aryl methyl sites for hydroxylation is 1. The molecule has 0 fully saturated rings. The van der Waals surface area contributed by atoms with Crippen LogP contribution < -0.4 is 4.90 Å². The van der Waals surface area contributed by atoms with Crippen LogP contribution in [-0.4, -0.2) is 24.2 Å². The Morgan fingerprint density at radius 2 is 2.26 bits per heavy atom. The van der Waals surface area contributed by atoms with E-state index < -0.39 is 5.97 Å². The fourth-order valence-corrected chi connectivity index (χ4v) is 1.75. The summed E-state index contributed by atoms with van der Waals surface area (Å²) in [4.78, 5) is 12.5. The molecule has 0 aliphatic rings. The summed E-state index contributed by atoms with van der Waals surface area (Å²) >= 11 is 0. The van der Waals surface area contributed by atoms with Gasteiger partial charge in [-0.05, 0) is 43.2 Å². The number of hydrogen-bond donors (Lipinski definition) is 1. The lowest BCUT2D eigenvalue weighted by atomic mass is 10.1. The molecule has 1 aromatic rings. The van der Waals surface area contributed by atoms with E-state index in [0.29, 0.717) is 6.42 Å². The maximum absolute atomic E-state index is 10.5. The molecule has 1 unspecified atom stereocenters. The standard InChI is InChI=1S/C15H18N2O2/c1-11-10-14(17(3)12(2)8-9-16)6-4-13(11)5-7-15(18)19/h4-7,10,12H,8H2,1-3H3,(H,18,19). The molecule has 1 aromatic carbocycles. The lowest BCUT2D eigenvalue weighted by Crippen LogP contribution is -2.28. The fourth-order valence-electron chi connectivity index (χ4n) is 1.75. The van der Waals surface area contributed by atoms with Crippen LogP contribution in [0.25, 0.3) is 6.08 Å². The minimum Gasteiger partial charge on any atom is -0.478 e. The van der Waals surface area contributed by atoms with Gasteiger partial charge in [0.2, 0.25) is 0 Å². The Balaban J connectivity index is 2.94. The van der Waals surface area contributed by atoms with Gasteiger partial charge in [-0.25, -0.2) is 4.79 Å².